The van der Waals surface area contributed by atoms with Crippen molar-refractivity contribution in [2.24, 2.45) is 0 Å². The van der Waals surface area contributed by atoms with Crippen LogP contribution < -0.4 is 19.5 Å². The zero-order valence-corrected chi connectivity index (χ0v) is 16.2. The first-order valence-corrected chi connectivity index (χ1v) is 8.69. The summed E-state index contributed by atoms with van der Waals surface area (Å²) in [7, 11) is 1.44. The van der Waals surface area contributed by atoms with Gasteiger partial charge in [-0.1, -0.05) is 12.1 Å². The molecule has 6 nitrogen and oxygen atoms in total. The molecule has 2 aromatic rings. The van der Waals surface area contributed by atoms with Crippen molar-refractivity contribution in [1.29, 1.82) is 5.26 Å². The standard InChI is InChI=1S/C21H19F3N2O4/c1-14-3-6-16(18(11-14)30-13-21(22,23)24)26-20(27)8-5-15-4-7-17(29-10-9-25)19(12-15)28-2/h3-8,11-12H,10,13H2,1-2H3,(H,26,27). The number of carbonyl (C=O) groups is 1. The molecule has 0 radical (unpaired) electrons. The highest BCUT2D eigenvalue weighted by molar-refractivity contribution is 6.02. The van der Waals surface area contributed by atoms with Crippen LogP contribution in [-0.4, -0.2) is 32.4 Å². The summed E-state index contributed by atoms with van der Waals surface area (Å²) < 4.78 is 52.6. The van der Waals surface area contributed by atoms with Crippen LogP contribution in [0.15, 0.2) is 42.5 Å². The largest absolute Gasteiger partial charge is 0.493 e. The number of rotatable bonds is 8. The lowest BCUT2D eigenvalue weighted by Crippen LogP contribution is -2.20. The van der Waals surface area contributed by atoms with E-state index in [-0.39, 0.29) is 18.0 Å². The molecule has 30 heavy (non-hydrogen) atoms. The van der Waals surface area contributed by atoms with Crippen molar-refractivity contribution in [3.05, 3.63) is 53.6 Å². The van der Waals surface area contributed by atoms with Gasteiger partial charge >= 0.3 is 6.18 Å². The molecule has 0 saturated heterocycles. The fourth-order valence-electron chi connectivity index (χ4n) is 2.38. The molecule has 0 atom stereocenters. The summed E-state index contributed by atoms with van der Waals surface area (Å²) >= 11 is 0. The number of alkyl halides is 3. The third-order valence-electron chi connectivity index (χ3n) is 3.69. The van der Waals surface area contributed by atoms with E-state index in [1.54, 1.807) is 31.2 Å². The van der Waals surface area contributed by atoms with Gasteiger partial charge in [0.2, 0.25) is 5.91 Å². The minimum absolute atomic E-state index is 0.0743. The molecular formula is C21H19F3N2O4. The van der Waals surface area contributed by atoms with Gasteiger partial charge in [-0.3, -0.25) is 4.79 Å². The highest BCUT2D eigenvalue weighted by Crippen LogP contribution is 2.29. The van der Waals surface area contributed by atoms with Gasteiger partial charge in [0.25, 0.3) is 0 Å². The van der Waals surface area contributed by atoms with Crippen LogP contribution >= 0.6 is 0 Å². The molecule has 2 aromatic carbocycles. The Kier molecular flexibility index (Phi) is 7.69. The highest BCUT2D eigenvalue weighted by Gasteiger charge is 2.29. The van der Waals surface area contributed by atoms with E-state index in [1.165, 1.54) is 31.4 Å². The molecule has 0 aromatic heterocycles. The molecule has 0 heterocycles. The maximum Gasteiger partial charge on any atom is 0.422 e. The van der Waals surface area contributed by atoms with Gasteiger partial charge in [-0.15, -0.1) is 0 Å². The van der Waals surface area contributed by atoms with Crippen LogP contribution in [0.1, 0.15) is 11.1 Å². The van der Waals surface area contributed by atoms with E-state index < -0.39 is 18.7 Å². The van der Waals surface area contributed by atoms with Gasteiger partial charge in [0.1, 0.15) is 11.8 Å². The third kappa shape index (κ3) is 7.05. The minimum Gasteiger partial charge on any atom is -0.493 e. The first kappa shape index (κ1) is 22.6. The number of nitrogens with zero attached hydrogens (tertiary/aromatic N) is 1. The van der Waals surface area contributed by atoms with Gasteiger partial charge in [0, 0.05) is 6.08 Å². The SMILES string of the molecule is COc1cc(C=CC(=O)Nc2ccc(C)cc2OCC(F)(F)F)ccc1OCC#N. The number of hydrogen-bond donors (Lipinski definition) is 1. The lowest BCUT2D eigenvalue weighted by molar-refractivity contribution is -0.153. The van der Waals surface area contributed by atoms with Crippen LogP contribution in [0.25, 0.3) is 6.08 Å². The average molecular weight is 420 g/mol. The van der Waals surface area contributed by atoms with Crippen LogP contribution in [-0.2, 0) is 4.79 Å². The predicted molar refractivity (Wildman–Crippen MR) is 104 cm³/mol. The van der Waals surface area contributed by atoms with E-state index in [1.807, 2.05) is 6.07 Å². The van der Waals surface area contributed by atoms with Gasteiger partial charge in [0.05, 0.1) is 12.8 Å². The Bertz CT molecular complexity index is 966. The Morgan fingerprint density at radius 2 is 1.90 bits per heavy atom. The minimum atomic E-state index is -4.49. The number of benzene rings is 2. The topological polar surface area (TPSA) is 80.6 Å². The second-order valence-electron chi connectivity index (χ2n) is 6.08. The fraction of sp³-hybridized carbons (Fsp3) is 0.238. The summed E-state index contributed by atoms with van der Waals surface area (Å²) in [5.74, 6) is 0.134. The molecule has 0 spiro atoms. The molecule has 158 valence electrons. The summed E-state index contributed by atoms with van der Waals surface area (Å²) in [5, 5.41) is 11.1. The number of aryl methyl sites for hydroxylation is 1. The van der Waals surface area contributed by atoms with Gasteiger partial charge in [-0.25, -0.2) is 0 Å². The van der Waals surface area contributed by atoms with Crippen molar-refractivity contribution >= 4 is 17.7 Å². The third-order valence-corrected chi connectivity index (χ3v) is 3.69. The molecule has 0 fully saturated rings. The predicted octanol–water partition coefficient (Wildman–Crippen LogP) is 4.50. The van der Waals surface area contributed by atoms with Crippen molar-refractivity contribution in [3.63, 3.8) is 0 Å². The van der Waals surface area contributed by atoms with Crippen molar-refractivity contribution < 1.29 is 32.2 Å². The maximum atomic E-state index is 12.4. The molecule has 0 aliphatic carbocycles. The zero-order valence-electron chi connectivity index (χ0n) is 16.2. The Balaban J connectivity index is 2.10. The van der Waals surface area contributed by atoms with Crippen molar-refractivity contribution in [3.8, 4) is 23.3 Å². The van der Waals surface area contributed by atoms with Gasteiger partial charge in [-0.2, -0.15) is 18.4 Å². The Morgan fingerprint density at radius 3 is 2.57 bits per heavy atom. The average Bonchev–Trinajstić information content (AvgIpc) is 2.70. The normalized spacial score (nSPS) is 11.1. The molecule has 9 heteroatoms. The quantitative estimate of drug-likeness (QED) is 0.636. The van der Waals surface area contributed by atoms with Crippen LogP contribution in [0.4, 0.5) is 18.9 Å². The summed E-state index contributed by atoms with van der Waals surface area (Å²) in [6.45, 7) is 0.0990. The lowest BCUT2D eigenvalue weighted by Gasteiger charge is -2.14. The fourth-order valence-corrected chi connectivity index (χ4v) is 2.38. The number of anilines is 1. The van der Waals surface area contributed by atoms with Gasteiger partial charge in [-0.05, 0) is 48.4 Å². The molecule has 0 unspecified atom stereocenters. The lowest BCUT2D eigenvalue weighted by atomic mass is 10.2. The number of nitriles is 1. The van der Waals surface area contributed by atoms with Gasteiger partial charge < -0.3 is 19.5 Å². The zero-order chi connectivity index (χ0) is 22.1. The van der Waals surface area contributed by atoms with Gasteiger partial charge in [0.15, 0.2) is 24.7 Å². The molecule has 0 saturated carbocycles. The smallest absolute Gasteiger partial charge is 0.422 e. The van der Waals surface area contributed by atoms with Crippen LogP contribution in [0.5, 0.6) is 17.2 Å². The van der Waals surface area contributed by atoms with E-state index in [4.69, 9.17) is 19.5 Å². The van der Waals surface area contributed by atoms with Crippen molar-refractivity contribution in [2.45, 2.75) is 13.1 Å². The first-order chi connectivity index (χ1) is 14.2. The number of methoxy groups -OCH3 is 1. The van der Waals surface area contributed by atoms with E-state index in [0.29, 0.717) is 22.6 Å². The molecular weight excluding hydrogens is 401 g/mol. The first-order valence-electron chi connectivity index (χ1n) is 8.69. The number of hydrogen-bond acceptors (Lipinski definition) is 5. The van der Waals surface area contributed by atoms with E-state index in [9.17, 15) is 18.0 Å². The number of halogens is 3. The van der Waals surface area contributed by atoms with Crippen LogP contribution in [0, 0.1) is 18.3 Å². The number of nitrogens with one attached hydrogen (secondary N) is 1. The van der Waals surface area contributed by atoms with E-state index in [0.717, 1.165) is 0 Å². The Hall–Kier alpha value is -3.67. The molecule has 0 aliphatic heterocycles. The van der Waals surface area contributed by atoms with E-state index in [2.05, 4.69) is 5.32 Å². The summed E-state index contributed by atoms with van der Waals surface area (Å²) in [6.07, 6.45) is -1.78. The van der Waals surface area contributed by atoms with Crippen LogP contribution in [0.3, 0.4) is 0 Å². The number of amides is 1. The van der Waals surface area contributed by atoms with Crippen molar-refractivity contribution in [2.75, 3.05) is 25.6 Å². The number of carbonyl (C=O) groups excluding carboxylic acids is 1. The second-order valence-corrected chi connectivity index (χ2v) is 6.08. The molecule has 1 amide bonds. The Labute approximate surface area is 171 Å². The maximum absolute atomic E-state index is 12.4. The highest BCUT2D eigenvalue weighted by atomic mass is 19.4. The molecule has 0 aliphatic rings. The summed E-state index contributed by atoms with van der Waals surface area (Å²) in [4.78, 5) is 12.2. The molecule has 1 N–H and O–H groups in total. The summed E-state index contributed by atoms with van der Waals surface area (Å²) in [6, 6.07) is 11.2. The van der Waals surface area contributed by atoms with E-state index >= 15 is 0 Å². The van der Waals surface area contributed by atoms with Crippen molar-refractivity contribution in [1.82, 2.24) is 0 Å². The van der Waals surface area contributed by atoms with Crippen LogP contribution in [0.2, 0.25) is 0 Å². The summed E-state index contributed by atoms with van der Waals surface area (Å²) in [5.41, 5.74) is 1.42. The second kappa shape index (κ2) is 10.2. The molecule has 0 bridgehead atoms. The molecule has 2 rings (SSSR count). The number of ether oxygens (including phenoxy) is 3. The monoisotopic (exact) mass is 420 g/mol. The Morgan fingerprint density at radius 1 is 1.13 bits per heavy atom.